The molecule has 0 saturated carbocycles. The number of rotatable bonds is 8. The summed E-state index contributed by atoms with van der Waals surface area (Å²) in [5.74, 6) is -2.35. The van der Waals surface area contributed by atoms with Crippen molar-refractivity contribution in [2.75, 3.05) is 39.1 Å². The molecule has 284 valence electrons. The Morgan fingerprint density at radius 3 is 1.98 bits per heavy atom. The van der Waals surface area contributed by atoms with Crippen LogP contribution in [0.1, 0.15) is 54.0 Å². The number of carbonyl (C=O) groups is 1. The van der Waals surface area contributed by atoms with Crippen LogP contribution in [0.5, 0.6) is 0 Å². The molecule has 3 aliphatic rings. The lowest BCUT2D eigenvalue weighted by molar-refractivity contribution is 0.0292. The maximum Gasteiger partial charge on any atom is 0.341 e. The lowest BCUT2D eigenvalue weighted by atomic mass is 9.80. The Morgan fingerprint density at radius 1 is 0.833 bits per heavy atom. The van der Waals surface area contributed by atoms with E-state index in [1.165, 1.54) is 5.01 Å². The van der Waals surface area contributed by atoms with Crippen LogP contribution in [-0.2, 0) is 20.3 Å². The summed E-state index contributed by atoms with van der Waals surface area (Å²) in [5.41, 5.74) is 7.24. The third-order valence-corrected chi connectivity index (χ3v) is 10.5. The van der Waals surface area contributed by atoms with E-state index in [-0.39, 0.29) is 35.7 Å². The van der Waals surface area contributed by atoms with Crippen LogP contribution in [0.25, 0.3) is 0 Å². The second kappa shape index (κ2) is 16.5. The molecule has 0 aliphatic carbocycles. The average Bonchev–Trinajstić information content (AvgIpc) is 3.81. The predicted octanol–water partition coefficient (Wildman–Crippen LogP) is 6.54. The van der Waals surface area contributed by atoms with E-state index in [1.807, 2.05) is 36.4 Å². The molecule has 4 aromatic rings. The predicted molar refractivity (Wildman–Crippen MR) is 197 cm³/mol. The number of ether oxygens (including phenoxy) is 1. The van der Waals surface area contributed by atoms with Crippen molar-refractivity contribution >= 4 is 27.5 Å². The minimum Gasteiger partial charge on any atom is -0.378 e. The smallest absolute Gasteiger partial charge is 0.341 e. The van der Waals surface area contributed by atoms with E-state index in [1.54, 1.807) is 29.2 Å². The van der Waals surface area contributed by atoms with Gasteiger partial charge >= 0.3 is 6.03 Å². The van der Waals surface area contributed by atoms with E-state index in [2.05, 4.69) is 10.2 Å². The minimum atomic E-state index is -3.63. The molecule has 3 aliphatic heterocycles. The van der Waals surface area contributed by atoms with Crippen molar-refractivity contribution in [3.05, 3.63) is 143 Å². The van der Waals surface area contributed by atoms with Crippen LogP contribution in [0.3, 0.4) is 0 Å². The molecule has 2 atom stereocenters. The van der Waals surface area contributed by atoms with Gasteiger partial charge in [0.05, 0.1) is 42.5 Å². The molecule has 0 aromatic heterocycles. The first-order chi connectivity index (χ1) is 25.9. The van der Waals surface area contributed by atoms with E-state index in [4.69, 9.17) is 10.5 Å². The van der Waals surface area contributed by atoms with Gasteiger partial charge in [0.2, 0.25) is 10.0 Å². The number of nitrogens with zero attached hydrogens (tertiary/aromatic N) is 5. The van der Waals surface area contributed by atoms with Crippen LogP contribution >= 0.6 is 0 Å². The van der Waals surface area contributed by atoms with Crippen molar-refractivity contribution in [1.82, 2.24) is 14.3 Å². The fourth-order valence-corrected chi connectivity index (χ4v) is 7.80. The zero-order valence-corrected chi connectivity index (χ0v) is 30.4. The highest BCUT2D eigenvalue weighted by Crippen LogP contribution is 2.44. The maximum absolute atomic E-state index is 14.6. The Bertz CT molecular complexity index is 2140. The molecule has 54 heavy (non-hydrogen) atoms. The number of halogens is 4. The van der Waals surface area contributed by atoms with Crippen molar-refractivity contribution in [2.24, 2.45) is 15.9 Å². The van der Waals surface area contributed by atoms with Crippen LogP contribution in [0, 0.1) is 23.3 Å². The Hall–Kier alpha value is -5.12. The summed E-state index contributed by atoms with van der Waals surface area (Å²) >= 11 is 0. The lowest BCUT2D eigenvalue weighted by Crippen LogP contribution is -2.52. The highest BCUT2D eigenvalue weighted by molar-refractivity contribution is 7.88. The molecule has 4 aromatic carbocycles. The van der Waals surface area contributed by atoms with Gasteiger partial charge in [-0.15, -0.1) is 0 Å². The van der Waals surface area contributed by atoms with Crippen molar-refractivity contribution in [3.63, 3.8) is 0 Å². The van der Waals surface area contributed by atoms with Gasteiger partial charge in [-0.05, 0) is 66.9 Å². The molecule has 2 N–H and O–H groups in total. The summed E-state index contributed by atoms with van der Waals surface area (Å²) in [7, 11) is -3.63. The van der Waals surface area contributed by atoms with E-state index in [9.17, 15) is 30.8 Å². The van der Waals surface area contributed by atoms with Gasteiger partial charge in [-0.25, -0.2) is 35.8 Å². The third kappa shape index (κ3) is 8.32. The van der Waals surface area contributed by atoms with Crippen LogP contribution < -0.4 is 5.73 Å². The van der Waals surface area contributed by atoms with E-state index < -0.39 is 44.9 Å². The molecule has 1 fully saturated rings. The van der Waals surface area contributed by atoms with Crippen LogP contribution in [0.4, 0.5) is 22.4 Å². The molecule has 3 heterocycles. The number of hydrogen-bond donors (Lipinski definition) is 1. The SMILES string of the molecule is CS(=O)(=O)N1N=C(c2cc(F)ccc2F)CC1c1ccccc1.NCCCC1(c2ccccc2)CC(c2cc(F)ccc2F)=NN1C(=O)N1CCOCC1. The summed E-state index contributed by atoms with van der Waals surface area (Å²) in [5, 5.41) is 10.1. The fourth-order valence-electron chi connectivity index (χ4n) is 6.89. The molecular weight excluding hydrogens is 725 g/mol. The van der Waals surface area contributed by atoms with Crippen LogP contribution in [0.15, 0.2) is 107 Å². The summed E-state index contributed by atoms with van der Waals surface area (Å²) in [6.07, 6.45) is 2.69. The third-order valence-electron chi connectivity index (χ3n) is 9.53. The molecular formula is C39H40F4N6O4S. The standard InChI is InChI=1S/C23H26F2N4O2.C16H14F2N2O2S/c24-18-7-8-20(25)19(15-18)21-16-23(9-4-10-26,17-5-2-1-3-6-17)29(27-21)22(30)28-11-13-31-14-12-28;1-23(21,22)20-16(11-5-3-2-4-6-11)10-15(19-20)13-9-12(17)7-8-14(13)18/h1-3,5-8,15H,4,9-14,16,26H2;2-9,16H,10H2,1H3. The topological polar surface area (TPSA) is 121 Å². The maximum atomic E-state index is 14.6. The summed E-state index contributed by atoms with van der Waals surface area (Å²) < 4.78 is 86.2. The Kier molecular flexibility index (Phi) is 11.8. The molecule has 10 nitrogen and oxygen atoms in total. The first kappa shape index (κ1) is 38.6. The molecule has 1 saturated heterocycles. The van der Waals surface area contributed by atoms with Gasteiger partial charge in [0.15, 0.2) is 0 Å². The number of urea groups is 1. The number of hydrogen-bond acceptors (Lipinski definition) is 7. The van der Waals surface area contributed by atoms with Crippen molar-refractivity contribution < 1.29 is 35.5 Å². The Morgan fingerprint density at radius 2 is 1.41 bits per heavy atom. The number of morpholine rings is 1. The summed E-state index contributed by atoms with van der Waals surface area (Å²) in [4.78, 5) is 15.3. The van der Waals surface area contributed by atoms with Gasteiger partial charge in [-0.1, -0.05) is 60.7 Å². The number of benzene rings is 4. The van der Waals surface area contributed by atoms with Crippen molar-refractivity contribution in [1.29, 1.82) is 0 Å². The minimum absolute atomic E-state index is 0.0166. The van der Waals surface area contributed by atoms with E-state index in [0.29, 0.717) is 51.4 Å². The lowest BCUT2D eigenvalue weighted by Gasteiger charge is -2.40. The summed E-state index contributed by atoms with van der Waals surface area (Å²) in [6, 6.07) is 24.0. The first-order valence-electron chi connectivity index (χ1n) is 17.4. The average molecular weight is 765 g/mol. The van der Waals surface area contributed by atoms with Gasteiger partial charge in [0.1, 0.15) is 23.3 Å². The number of sulfonamides is 1. The number of amides is 2. The van der Waals surface area contributed by atoms with E-state index >= 15 is 0 Å². The van der Waals surface area contributed by atoms with E-state index in [0.717, 1.165) is 58.2 Å². The van der Waals surface area contributed by atoms with Gasteiger partial charge in [-0.2, -0.15) is 14.6 Å². The monoisotopic (exact) mass is 764 g/mol. The highest BCUT2D eigenvalue weighted by Gasteiger charge is 2.48. The summed E-state index contributed by atoms with van der Waals surface area (Å²) in [6.45, 7) is 2.26. The Labute approximate surface area is 311 Å². The quantitative estimate of drug-likeness (QED) is 0.205. The van der Waals surface area contributed by atoms with Crippen LogP contribution in [-0.4, -0.2) is 79.3 Å². The molecule has 0 radical (unpaired) electrons. The van der Waals surface area contributed by atoms with Gasteiger partial charge in [-0.3, -0.25) is 0 Å². The molecule has 0 spiro atoms. The number of carbonyl (C=O) groups excluding carboxylic acids is 1. The van der Waals surface area contributed by atoms with Gasteiger partial charge in [0.25, 0.3) is 0 Å². The Balaban J connectivity index is 0.000000193. The molecule has 2 unspecified atom stereocenters. The fraction of sp³-hybridized carbons (Fsp3) is 0.308. The highest BCUT2D eigenvalue weighted by atomic mass is 32.2. The first-order valence-corrected chi connectivity index (χ1v) is 19.3. The number of nitrogens with two attached hydrogens (primary N) is 1. The molecule has 7 rings (SSSR count). The number of hydrazone groups is 2. The van der Waals surface area contributed by atoms with Crippen LogP contribution in [0.2, 0.25) is 0 Å². The normalized spacial score (nSPS) is 20.0. The molecule has 15 heteroatoms. The second-order valence-corrected chi connectivity index (χ2v) is 15.0. The van der Waals surface area contributed by atoms with Gasteiger partial charge in [0, 0.05) is 37.1 Å². The molecule has 0 bridgehead atoms. The van der Waals surface area contributed by atoms with Crippen molar-refractivity contribution in [2.45, 2.75) is 37.3 Å². The van der Waals surface area contributed by atoms with Crippen molar-refractivity contribution in [3.8, 4) is 0 Å². The van der Waals surface area contributed by atoms with Gasteiger partial charge < -0.3 is 15.4 Å². The second-order valence-electron chi connectivity index (χ2n) is 13.2. The largest absolute Gasteiger partial charge is 0.378 e. The zero-order chi connectivity index (χ0) is 38.5. The molecule has 2 amide bonds. The zero-order valence-electron chi connectivity index (χ0n) is 29.5.